The zero-order valence-electron chi connectivity index (χ0n) is 20.0. The highest BCUT2D eigenvalue weighted by Crippen LogP contribution is 2.30. The zero-order chi connectivity index (χ0) is 24.5. The first kappa shape index (κ1) is 22.7. The minimum atomic E-state index is -0.265. The molecule has 2 aliphatic rings. The predicted molar refractivity (Wildman–Crippen MR) is 133 cm³/mol. The number of benzene rings is 1. The summed E-state index contributed by atoms with van der Waals surface area (Å²) in [5.74, 6) is 1.49. The van der Waals surface area contributed by atoms with Gasteiger partial charge >= 0.3 is 0 Å². The van der Waals surface area contributed by atoms with Gasteiger partial charge in [0, 0.05) is 48.4 Å². The third kappa shape index (κ3) is 4.44. The number of hydrogen-bond donors (Lipinski definition) is 2. The first-order valence-corrected chi connectivity index (χ1v) is 12.6. The Hall–Kier alpha value is -3.79. The van der Waals surface area contributed by atoms with E-state index in [-0.39, 0.29) is 24.0 Å². The Balaban J connectivity index is 1.13. The number of fused-ring (bicyclic) bond motifs is 1. The molecule has 3 aromatic heterocycles. The summed E-state index contributed by atoms with van der Waals surface area (Å²) in [6.45, 7) is 1.33. The molecule has 186 valence electrons. The van der Waals surface area contributed by atoms with Gasteiger partial charge in [0.15, 0.2) is 5.82 Å². The molecular weight excluding hydrogens is 458 g/mol. The third-order valence-corrected chi connectivity index (χ3v) is 7.35. The van der Waals surface area contributed by atoms with E-state index in [0.717, 1.165) is 47.8 Å². The summed E-state index contributed by atoms with van der Waals surface area (Å²) in [6, 6.07) is 9.86. The molecule has 4 aromatic rings. The van der Waals surface area contributed by atoms with Crippen LogP contribution in [0.25, 0.3) is 28.0 Å². The number of likely N-dealkylation sites (tertiary alicyclic amines) is 1. The quantitative estimate of drug-likeness (QED) is 0.439. The lowest BCUT2D eigenvalue weighted by atomic mass is 9.85. The number of carbonyl (C=O) groups is 1. The molecule has 6 rings (SSSR count). The van der Waals surface area contributed by atoms with E-state index in [2.05, 4.69) is 20.6 Å². The highest BCUT2D eigenvalue weighted by atomic mass is 16.3. The predicted octanol–water partition coefficient (Wildman–Crippen LogP) is 3.42. The van der Waals surface area contributed by atoms with Crippen LogP contribution < -0.4 is 5.32 Å². The van der Waals surface area contributed by atoms with Crippen molar-refractivity contribution in [1.82, 2.24) is 29.9 Å². The summed E-state index contributed by atoms with van der Waals surface area (Å²) < 4.78 is 6.96. The second-order valence-corrected chi connectivity index (χ2v) is 9.67. The molecule has 0 radical (unpaired) electrons. The van der Waals surface area contributed by atoms with E-state index >= 15 is 0 Å². The van der Waals surface area contributed by atoms with Crippen molar-refractivity contribution in [3.63, 3.8) is 0 Å². The van der Waals surface area contributed by atoms with Crippen LogP contribution in [0.3, 0.4) is 0 Å². The van der Waals surface area contributed by atoms with E-state index in [1.54, 1.807) is 23.4 Å². The topological polar surface area (TPSA) is 122 Å². The third-order valence-electron chi connectivity index (χ3n) is 7.35. The van der Waals surface area contributed by atoms with Crippen LogP contribution in [0.4, 0.5) is 5.95 Å². The Labute approximate surface area is 208 Å². The van der Waals surface area contributed by atoms with Crippen molar-refractivity contribution in [1.29, 1.82) is 0 Å². The van der Waals surface area contributed by atoms with Crippen molar-refractivity contribution in [3.05, 3.63) is 49.1 Å². The van der Waals surface area contributed by atoms with Crippen LogP contribution in [0.2, 0.25) is 0 Å². The standard InChI is InChI=1S/C26H29N7O3/c34-20-9-13-32(14-10-20)25(35)17-4-6-19(7-5-17)28-26-27-12-8-23(29-26)33-22-3-1-2-21(24(22)30-31-33)18-11-15-36-16-18/h1-3,8,11-12,15-17,19-20,34H,4-7,9-10,13-14H2,(H,27,28,29). The number of aliphatic hydroxyl groups excluding tert-OH is 1. The molecule has 2 N–H and O–H groups in total. The lowest BCUT2D eigenvalue weighted by Crippen LogP contribution is -2.44. The molecule has 1 saturated heterocycles. The van der Waals surface area contributed by atoms with Crippen LogP contribution in [-0.2, 0) is 4.79 Å². The van der Waals surface area contributed by atoms with Crippen molar-refractivity contribution < 1.29 is 14.3 Å². The number of nitrogens with zero attached hydrogens (tertiary/aromatic N) is 6. The molecule has 10 nitrogen and oxygen atoms in total. The molecule has 1 amide bonds. The minimum Gasteiger partial charge on any atom is -0.472 e. The summed E-state index contributed by atoms with van der Waals surface area (Å²) >= 11 is 0. The summed E-state index contributed by atoms with van der Waals surface area (Å²) in [5, 5.41) is 21.9. The van der Waals surface area contributed by atoms with Gasteiger partial charge in [-0.15, -0.1) is 5.10 Å². The summed E-state index contributed by atoms with van der Waals surface area (Å²) in [7, 11) is 0. The number of anilines is 1. The normalized spacial score (nSPS) is 21.1. The van der Waals surface area contributed by atoms with Gasteiger partial charge in [-0.3, -0.25) is 4.79 Å². The first-order valence-electron chi connectivity index (χ1n) is 12.6. The van der Waals surface area contributed by atoms with Crippen LogP contribution in [0.5, 0.6) is 0 Å². The molecule has 1 aromatic carbocycles. The van der Waals surface area contributed by atoms with Gasteiger partial charge in [0.2, 0.25) is 11.9 Å². The number of hydrogen-bond acceptors (Lipinski definition) is 8. The van der Waals surface area contributed by atoms with E-state index in [4.69, 9.17) is 9.40 Å². The SMILES string of the molecule is O=C(C1CCC(Nc2nccc(-n3nnc4c(-c5ccoc5)cccc43)n2)CC1)N1CCC(O)CC1. The Morgan fingerprint density at radius 2 is 1.89 bits per heavy atom. The number of carbonyl (C=O) groups excluding carboxylic acids is 1. The number of furan rings is 1. The largest absolute Gasteiger partial charge is 0.472 e. The van der Waals surface area contributed by atoms with Crippen LogP contribution in [0.1, 0.15) is 38.5 Å². The molecule has 1 saturated carbocycles. The van der Waals surface area contributed by atoms with Gasteiger partial charge in [0.1, 0.15) is 5.52 Å². The van der Waals surface area contributed by atoms with Gasteiger partial charge in [-0.1, -0.05) is 17.3 Å². The van der Waals surface area contributed by atoms with Crippen LogP contribution >= 0.6 is 0 Å². The molecule has 0 spiro atoms. The smallest absolute Gasteiger partial charge is 0.225 e. The molecule has 1 aliphatic carbocycles. The molecule has 10 heteroatoms. The van der Waals surface area contributed by atoms with E-state index in [1.165, 1.54) is 0 Å². The fourth-order valence-electron chi connectivity index (χ4n) is 5.31. The van der Waals surface area contributed by atoms with Gasteiger partial charge in [-0.25, -0.2) is 4.98 Å². The van der Waals surface area contributed by atoms with Crippen LogP contribution in [0, 0.1) is 5.92 Å². The van der Waals surface area contributed by atoms with Gasteiger partial charge in [-0.05, 0) is 50.7 Å². The number of rotatable bonds is 5. The second-order valence-electron chi connectivity index (χ2n) is 9.67. The summed E-state index contributed by atoms with van der Waals surface area (Å²) in [5.41, 5.74) is 3.53. The van der Waals surface area contributed by atoms with Gasteiger partial charge in [0.25, 0.3) is 0 Å². The first-order chi connectivity index (χ1) is 17.7. The second kappa shape index (κ2) is 9.69. The van der Waals surface area contributed by atoms with E-state index in [9.17, 15) is 9.90 Å². The monoisotopic (exact) mass is 487 g/mol. The highest BCUT2D eigenvalue weighted by molar-refractivity contribution is 5.91. The maximum Gasteiger partial charge on any atom is 0.225 e. The van der Waals surface area contributed by atoms with Crippen LogP contribution in [0.15, 0.2) is 53.5 Å². The molecule has 0 unspecified atom stereocenters. The molecule has 36 heavy (non-hydrogen) atoms. The zero-order valence-corrected chi connectivity index (χ0v) is 20.0. The molecule has 1 aliphatic heterocycles. The average molecular weight is 488 g/mol. The molecular formula is C26H29N7O3. The highest BCUT2D eigenvalue weighted by Gasteiger charge is 2.31. The molecule has 2 fully saturated rings. The molecule has 4 heterocycles. The molecule has 0 bridgehead atoms. The fraction of sp³-hybridized carbons (Fsp3) is 0.423. The lowest BCUT2D eigenvalue weighted by Gasteiger charge is -2.35. The van der Waals surface area contributed by atoms with E-state index in [1.807, 2.05) is 35.2 Å². The van der Waals surface area contributed by atoms with E-state index in [0.29, 0.717) is 37.7 Å². The van der Waals surface area contributed by atoms with Crippen molar-refractivity contribution in [3.8, 4) is 16.9 Å². The van der Waals surface area contributed by atoms with Crippen molar-refractivity contribution in [2.45, 2.75) is 50.7 Å². The number of aromatic nitrogens is 5. The number of nitrogens with one attached hydrogen (secondary N) is 1. The fourth-order valence-corrected chi connectivity index (χ4v) is 5.31. The minimum absolute atomic E-state index is 0.0662. The van der Waals surface area contributed by atoms with Crippen molar-refractivity contribution in [2.24, 2.45) is 5.92 Å². The van der Waals surface area contributed by atoms with Gasteiger partial charge in [0.05, 0.1) is 24.1 Å². The summed E-state index contributed by atoms with van der Waals surface area (Å²) in [4.78, 5) is 23.9. The van der Waals surface area contributed by atoms with Gasteiger partial charge < -0.3 is 19.7 Å². The van der Waals surface area contributed by atoms with Gasteiger partial charge in [-0.2, -0.15) is 9.67 Å². The Morgan fingerprint density at radius 1 is 1.06 bits per heavy atom. The number of piperidine rings is 1. The average Bonchev–Trinajstić information content (AvgIpc) is 3.60. The number of aliphatic hydroxyl groups is 1. The lowest BCUT2D eigenvalue weighted by molar-refractivity contribution is -0.138. The number of amides is 1. The van der Waals surface area contributed by atoms with E-state index < -0.39 is 0 Å². The Kier molecular flexibility index (Phi) is 6.10. The van der Waals surface area contributed by atoms with Crippen molar-refractivity contribution >= 4 is 22.9 Å². The van der Waals surface area contributed by atoms with Crippen molar-refractivity contribution in [2.75, 3.05) is 18.4 Å². The van der Waals surface area contributed by atoms with Crippen LogP contribution in [-0.4, -0.2) is 66.1 Å². The Morgan fingerprint density at radius 3 is 2.67 bits per heavy atom. The summed E-state index contributed by atoms with van der Waals surface area (Å²) in [6.07, 6.45) is 9.63. The maximum absolute atomic E-state index is 12.9. The molecule has 0 atom stereocenters. The maximum atomic E-state index is 12.9. The Bertz CT molecular complexity index is 1340.